The minimum Gasteiger partial charge on any atom is -0.494 e. The van der Waals surface area contributed by atoms with E-state index < -0.39 is 0 Å². The highest BCUT2D eigenvalue weighted by atomic mass is 32.2. The molecule has 0 aliphatic heterocycles. The van der Waals surface area contributed by atoms with Crippen molar-refractivity contribution in [3.63, 3.8) is 0 Å². The number of hydrogen-bond donors (Lipinski definition) is 1. The van der Waals surface area contributed by atoms with Gasteiger partial charge in [0, 0.05) is 0 Å². The number of nitrogens with two attached hydrogens (primary N) is 1. The minimum absolute atomic E-state index is 0.552. The first-order chi connectivity index (χ1) is 5.77. The number of thiophene rings is 1. The molecule has 1 heterocycles. The molecule has 12 heavy (non-hydrogen) atoms. The van der Waals surface area contributed by atoms with E-state index in [0.29, 0.717) is 5.17 Å². The largest absolute Gasteiger partial charge is 0.494 e. The number of ether oxygens (including phenoxy) is 1. The maximum absolute atomic E-state index is 5.55. The maximum Gasteiger partial charge on any atom is 0.161 e. The maximum atomic E-state index is 5.55. The third-order valence-electron chi connectivity index (χ3n) is 1.25. The van der Waals surface area contributed by atoms with Crippen LogP contribution in [0.3, 0.4) is 0 Å². The highest BCUT2D eigenvalue weighted by Gasteiger charge is 2.02. The summed E-state index contributed by atoms with van der Waals surface area (Å²) >= 11 is 2.93. The summed E-state index contributed by atoms with van der Waals surface area (Å²) in [5.74, 6) is 0.775. The monoisotopic (exact) mass is 202 g/mol. The lowest BCUT2D eigenvalue weighted by Crippen LogP contribution is -2.03. The van der Waals surface area contributed by atoms with Crippen LogP contribution in [0.4, 0.5) is 5.00 Å². The molecule has 0 unspecified atom stereocenters. The Labute approximate surface area is 79.6 Å². The van der Waals surface area contributed by atoms with E-state index in [0.717, 1.165) is 10.8 Å². The average Bonchev–Trinajstić information content (AvgIpc) is 2.51. The van der Waals surface area contributed by atoms with Crippen molar-refractivity contribution in [2.24, 2.45) is 10.7 Å². The van der Waals surface area contributed by atoms with Crippen LogP contribution in [0.1, 0.15) is 0 Å². The van der Waals surface area contributed by atoms with E-state index >= 15 is 0 Å². The van der Waals surface area contributed by atoms with Gasteiger partial charge in [-0.2, -0.15) is 0 Å². The quantitative estimate of drug-likeness (QED) is 0.590. The molecule has 0 atom stereocenters. The summed E-state index contributed by atoms with van der Waals surface area (Å²) in [4.78, 5) is 4.16. The van der Waals surface area contributed by atoms with E-state index in [1.54, 1.807) is 7.11 Å². The summed E-state index contributed by atoms with van der Waals surface area (Å²) in [5, 5.41) is 3.30. The molecule has 0 aliphatic carbocycles. The Balaban J connectivity index is 2.87. The molecule has 0 saturated carbocycles. The van der Waals surface area contributed by atoms with Crippen LogP contribution in [0.2, 0.25) is 0 Å². The lowest BCUT2D eigenvalue weighted by atomic mass is 10.5. The van der Waals surface area contributed by atoms with E-state index in [9.17, 15) is 0 Å². The fourth-order valence-electron chi connectivity index (χ4n) is 0.672. The van der Waals surface area contributed by atoms with E-state index in [2.05, 4.69) is 4.99 Å². The number of amidine groups is 1. The second-order valence-corrected chi connectivity index (χ2v) is 3.67. The summed E-state index contributed by atoms with van der Waals surface area (Å²) < 4.78 is 5.07. The predicted molar refractivity (Wildman–Crippen MR) is 55.7 cm³/mol. The van der Waals surface area contributed by atoms with E-state index in [4.69, 9.17) is 10.5 Å². The normalized spacial score (nSPS) is 11.7. The lowest BCUT2D eigenvalue weighted by Gasteiger charge is -1.97. The van der Waals surface area contributed by atoms with Gasteiger partial charge in [-0.05, 0) is 17.7 Å². The second-order valence-electron chi connectivity index (χ2n) is 1.95. The molecule has 0 spiro atoms. The number of hydrogen-bond acceptors (Lipinski definition) is 4. The second kappa shape index (κ2) is 4.37. The Morgan fingerprint density at radius 1 is 1.75 bits per heavy atom. The summed E-state index contributed by atoms with van der Waals surface area (Å²) in [6.45, 7) is 0. The fourth-order valence-corrected chi connectivity index (χ4v) is 1.65. The average molecular weight is 202 g/mol. The van der Waals surface area contributed by atoms with Crippen molar-refractivity contribution in [1.82, 2.24) is 0 Å². The summed E-state index contributed by atoms with van der Waals surface area (Å²) in [6.07, 6.45) is 1.89. The number of thioether (sulfide) groups is 1. The predicted octanol–water partition coefficient (Wildman–Crippen LogP) is 2.07. The third kappa shape index (κ3) is 2.15. The van der Waals surface area contributed by atoms with Gasteiger partial charge in [-0.15, -0.1) is 11.3 Å². The van der Waals surface area contributed by atoms with Crippen molar-refractivity contribution in [2.45, 2.75) is 0 Å². The molecule has 66 valence electrons. The standard InChI is InChI=1S/C7H10N2OS2/c1-10-5-3-4-12-6(5)9-7(8)11-2/h3-4H,1-2H3,(H2,8,9). The highest BCUT2D eigenvalue weighted by Crippen LogP contribution is 2.33. The molecule has 3 nitrogen and oxygen atoms in total. The van der Waals surface area contributed by atoms with Gasteiger partial charge in [-0.3, -0.25) is 0 Å². The Bertz CT molecular complexity index is 283. The Morgan fingerprint density at radius 2 is 2.50 bits per heavy atom. The van der Waals surface area contributed by atoms with Crippen LogP contribution in [-0.4, -0.2) is 18.5 Å². The topological polar surface area (TPSA) is 47.6 Å². The molecule has 1 rings (SSSR count). The van der Waals surface area contributed by atoms with Crippen molar-refractivity contribution in [3.05, 3.63) is 11.4 Å². The van der Waals surface area contributed by atoms with Crippen molar-refractivity contribution in [2.75, 3.05) is 13.4 Å². The molecule has 5 heteroatoms. The molecule has 0 bridgehead atoms. The van der Waals surface area contributed by atoms with Crippen molar-refractivity contribution in [3.8, 4) is 5.75 Å². The molecule has 0 saturated heterocycles. The number of nitrogens with zero attached hydrogens (tertiary/aromatic N) is 1. The van der Waals surface area contributed by atoms with Crippen LogP contribution in [0.25, 0.3) is 0 Å². The fraction of sp³-hybridized carbons (Fsp3) is 0.286. The van der Waals surface area contributed by atoms with Crippen molar-refractivity contribution >= 4 is 33.3 Å². The van der Waals surface area contributed by atoms with Gasteiger partial charge in [0.25, 0.3) is 0 Å². The first-order valence-corrected chi connectivity index (χ1v) is 5.38. The van der Waals surface area contributed by atoms with Crippen LogP contribution in [-0.2, 0) is 0 Å². The van der Waals surface area contributed by atoms with Gasteiger partial charge in [0.1, 0.15) is 0 Å². The molecule has 1 aromatic rings. The van der Waals surface area contributed by atoms with E-state index in [1.807, 2.05) is 17.7 Å². The smallest absolute Gasteiger partial charge is 0.161 e. The number of aliphatic imine (C=N–C) groups is 1. The summed E-state index contributed by atoms with van der Waals surface area (Å²) in [7, 11) is 1.62. The third-order valence-corrected chi connectivity index (χ3v) is 2.55. The van der Waals surface area contributed by atoms with E-state index in [1.165, 1.54) is 23.1 Å². The van der Waals surface area contributed by atoms with Crippen LogP contribution < -0.4 is 10.5 Å². The van der Waals surface area contributed by atoms with Gasteiger partial charge in [-0.1, -0.05) is 11.8 Å². The molecule has 0 aliphatic rings. The zero-order chi connectivity index (χ0) is 8.97. The highest BCUT2D eigenvalue weighted by molar-refractivity contribution is 8.13. The lowest BCUT2D eigenvalue weighted by molar-refractivity contribution is 0.418. The van der Waals surface area contributed by atoms with Gasteiger partial charge < -0.3 is 10.5 Å². The minimum atomic E-state index is 0.552. The Kier molecular flexibility index (Phi) is 3.43. The molecule has 0 radical (unpaired) electrons. The van der Waals surface area contributed by atoms with Crippen LogP contribution in [0.15, 0.2) is 16.4 Å². The number of rotatable bonds is 2. The molecule has 0 aromatic carbocycles. The first kappa shape index (κ1) is 9.41. The first-order valence-electron chi connectivity index (χ1n) is 3.27. The molecule has 2 N–H and O–H groups in total. The van der Waals surface area contributed by atoms with Crippen LogP contribution >= 0.6 is 23.1 Å². The van der Waals surface area contributed by atoms with Crippen LogP contribution in [0.5, 0.6) is 5.75 Å². The van der Waals surface area contributed by atoms with Gasteiger partial charge in [0.15, 0.2) is 15.9 Å². The Hall–Kier alpha value is -0.680. The molecule has 1 aromatic heterocycles. The van der Waals surface area contributed by atoms with Gasteiger partial charge in [0.05, 0.1) is 7.11 Å². The van der Waals surface area contributed by atoms with Gasteiger partial charge in [-0.25, -0.2) is 4.99 Å². The zero-order valence-electron chi connectivity index (χ0n) is 6.90. The van der Waals surface area contributed by atoms with Gasteiger partial charge in [0.2, 0.25) is 0 Å². The van der Waals surface area contributed by atoms with Crippen molar-refractivity contribution in [1.29, 1.82) is 0 Å². The molecule has 0 amide bonds. The molecular weight excluding hydrogens is 192 g/mol. The Morgan fingerprint density at radius 3 is 3.08 bits per heavy atom. The summed E-state index contributed by atoms with van der Waals surface area (Å²) in [6, 6.07) is 1.87. The zero-order valence-corrected chi connectivity index (χ0v) is 8.54. The van der Waals surface area contributed by atoms with Crippen LogP contribution in [0, 0.1) is 0 Å². The molecule has 0 fully saturated rings. The number of methoxy groups -OCH3 is 1. The van der Waals surface area contributed by atoms with E-state index in [-0.39, 0.29) is 0 Å². The SMILES string of the molecule is COc1ccsc1/N=C(/N)SC. The molecular formula is C7H10N2OS2. The summed E-state index contributed by atoms with van der Waals surface area (Å²) in [5.41, 5.74) is 5.55. The van der Waals surface area contributed by atoms with Gasteiger partial charge >= 0.3 is 0 Å². The van der Waals surface area contributed by atoms with Crippen molar-refractivity contribution < 1.29 is 4.74 Å².